The molecule has 0 aliphatic carbocycles. The molecule has 6 nitrogen and oxygen atoms in total. The van der Waals surface area contributed by atoms with E-state index in [-0.39, 0.29) is 0 Å². The summed E-state index contributed by atoms with van der Waals surface area (Å²) in [5.41, 5.74) is -12.4. The maximum atomic E-state index is 11.4. The van der Waals surface area contributed by atoms with Crippen molar-refractivity contribution < 1.29 is 47.7 Å². The number of hydrogen-bond acceptors (Lipinski definition) is 4. The molecule has 0 amide bonds. The predicted octanol–water partition coefficient (Wildman–Crippen LogP) is 1.57. The first-order chi connectivity index (χ1) is 9.60. The molecular weight excluding hydrogens is 366 g/mol. The van der Waals surface area contributed by atoms with E-state index in [4.69, 9.17) is 0 Å². The first kappa shape index (κ1) is 20.6. The average molecular weight is 374 g/mol. The van der Waals surface area contributed by atoms with Gasteiger partial charge in [-0.1, -0.05) is 6.07 Å². The Morgan fingerprint density at radius 3 is 1.27 bits per heavy atom. The third-order valence-corrected chi connectivity index (χ3v) is 4.39. The fourth-order valence-corrected chi connectivity index (χ4v) is 2.41. The van der Waals surface area contributed by atoms with Gasteiger partial charge in [0.1, 0.15) is 7.05 Å². The van der Waals surface area contributed by atoms with Crippen LogP contribution in [0.2, 0.25) is 0 Å². The van der Waals surface area contributed by atoms with Crippen molar-refractivity contribution in [1.29, 1.82) is 0 Å². The Morgan fingerprint density at radius 2 is 1.09 bits per heavy atom. The molecule has 0 unspecified atom stereocenters. The van der Waals surface area contributed by atoms with Gasteiger partial charge in [-0.15, -0.1) is 0 Å². The lowest BCUT2D eigenvalue weighted by molar-refractivity contribution is -0.671. The zero-order chi connectivity index (χ0) is 17.8. The summed E-state index contributed by atoms with van der Waals surface area (Å²) >= 11 is 0. The van der Waals surface area contributed by atoms with Crippen LogP contribution in [0.1, 0.15) is 0 Å². The number of halogens is 6. The Kier molecular flexibility index (Phi) is 6.35. The molecule has 0 saturated carbocycles. The van der Waals surface area contributed by atoms with Gasteiger partial charge in [-0.3, -0.25) is 0 Å². The normalized spacial score (nSPS) is 13.2. The maximum absolute atomic E-state index is 11.4. The lowest BCUT2D eigenvalue weighted by atomic mass is 10.5. The van der Waals surface area contributed by atoms with Crippen LogP contribution in [-0.2, 0) is 27.1 Å². The summed E-state index contributed by atoms with van der Waals surface area (Å²) in [6.07, 6.45) is 4.00. The maximum Gasteiger partial charge on any atom is 0.480 e. The fraction of sp³-hybridized carbons (Fsp3) is 0.375. The van der Waals surface area contributed by atoms with E-state index < -0.39 is 31.1 Å². The highest BCUT2D eigenvalue weighted by Crippen LogP contribution is 2.36. The molecule has 1 heterocycles. The van der Waals surface area contributed by atoms with Crippen molar-refractivity contribution in [1.82, 2.24) is 0 Å². The molecular formula is C8H8F6N2O4S2. The largest absolute Gasteiger partial charge is 0.480 e. The molecule has 1 aromatic heterocycles. The molecule has 0 N–H and O–H groups in total. The zero-order valence-electron chi connectivity index (χ0n) is 10.5. The number of sulfonamides is 2. The van der Waals surface area contributed by atoms with Gasteiger partial charge in [0.2, 0.25) is 0 Å². The van der Waals surface area contributed by atoms with Gasteiger partial charge in [-0.2, -0.15) is 26.3 Å². The molecule has 1 aromatic rings. The van der Waals surface area contributed by atoms with E-state index in [2.05, 4.69) is 0 Å². The third kappa shape index (κ3) is 6.15. The number of nitrogens with zero attached hydrogens (tertiary/aromatic N) is 2. The summed E-state index contributed by atoms with van der Waals surface area (Å²) in [5.74, 6) is 0. The number of rotatable bonds is 2. The number of hydrogen-bond donors (Lipinski definition) is 0. The minimum absolute atomic E-state index is 0.778. The van der Waals surface area contributed by atoms with Gasteiger partial charge < -0.3 is 4.13 Å². The lowest BCUT2D eigenvalue weighted by Crippen LogP contribution is -2.30. The molecule has 0 saturated heterocycles. The Hall–Kier alpha value is -1.41. The summed E-state index contributed by atoms with van der Waals surface area (Å²) in [5, 5.41) is 0. The minimum atomic E-state index is -6.72. The van der Waals surface area contributed by atoms with Gasteiger partial charge in [-0.25, -0.2) is 21.4 Å². The van der Waals surface area contributed by atoms with E-state index in [1.54, 1.807) is 0 Å². The summed E-state index contributed by atoms with van der Waals surface area (Å²) in [4.78, 5) is 0. The smallest absolute Gasteiger partial charge is 0.421 e. The van der Waals surface area contributed by atoms with Crippen LogP contribution in [0.4, 0.5) is 26.3 Å². The summed E-state index contributed by atoms with van der Waals surface area (Å²) < 4.78 is 111. The standard InChI is InChI=1S/C6H8N.C2F6NO4S2/c1-7-5-3-2-4-6-7;3-1(4,5)14(10,11)9-15(12,13)2(6,7)8/h2-6H,1H3;/q+1;-1. The summed E-state index contributed by atoms with van der Waals surface area (Å²) in [6, 6.07) is 6.00. The Morgan fingerprint density at radius 1 is 0.773 bits per heavy atom. The second-order valence-corrected chi connectivity index (χ2v) is 6.88. The van der Waals surface area contributed by atoms with E-state index in [0.29, 0.717) is 0 Å². The van der Waals surface area contributed by atoms with Gasteiger partial charge in [-0.05, 0) is 0 Å². The van der Waals surface area contributed by atoms with E-state index in [1.165, 1.54) is 0 Å². The van der Waals surface area contributed by atoms with E-state index in [1.807, 2.05) is 42.2 Å². The molecule has 0 aliphatic heterocycles. The Labute approximate surface area is 121 Å². The first-order valence-electron chi connectivity index (χ1n) is 4.87. The molecule has 14 heteroatoms. The Balaban J connectivity index is 0.000000518. The van der Waals surface area contributed by atoms with Gasteiger partial charge in [0.15, 0.2) is 32.4 Å². The molecule has 22 heavy (non-hydrogen) atoms. The molecule has 0 radical (unpaired) electrons. The number of aryl methyl sites for hydroxylation is 1. The van der Waals surface area contributed by atoms with Crippen molar-refractivity contribution in [3.63, 3.8) is 0 Å². The van der Waals surface area contributed by atoms with Gasteiger partial charge >= 0.3 is 11.0 Å². The number of aromatic nitrogens is 1. The van der Waals surface area contributed by atoms with Crippen LogP contribution in [-0.4, -0.2) is 27.9 Å². The molecule has 0 bridgehead atoms. The van der Waals surface area contributed by atoms with E-state index >= 15 is 0 Å². The van der Waals surface area contributed by atoms with Crippen LogP contribution in [0.5, 0.6) is 0 Å². The quantitative estimate of drug-likeness (QED) is 0.581. The van der Waals surface area contributed by atoms with Crippen LogP contribution in [0.15, 0.2) is 30.6 Å². The second-order valence-electron chi connectivity index (χ2n) is 3.46. The van der Waals surface area contributed by atoms with Crippen LogP contribution >= 0.6 is 0 Å². The zero-order valence-corrected chi connectivity index (χ0v) is 12.1. The van der Waals surface area contributed by atoms with Crippen LogP contribution in [0.25, 0.3) is 4.13 Å². The SMILES string of the molecule is C[n+]1ccccc1.O=S(=O)([N-]S(=O)(=O)C(F)(F)F)C(F)(F)F. The Bertz CT molecular complexity index is 640. The summed E-state index contributed by atoms with van der Waals surface area (Å²) in [6.45, 7) is 0. The fourth-order valence-electron chi connectivity index (χ4n) is 0.698. The number of pyridine rings is 1. The van der Waals surface area contributed by atoms with E-state index in [0.717, 1.165) is 4.13 Å². The first-order valence-corrected chi connectivity index (χ1v) is 7.75. The van der Waals surface area contributed by atoms with Gasteiger partial charge in [0, 0.05) is 12.1 Å². The van der Waals surface area contributed by atoms with Gasteiger partial charge in [0.25, 0.3) is 0 Å². The lowest BCUT2D eigenvalue weighted by Gasteiger charge is -2.22. The molecule has 0 aromatic carbocycles. The molecule has 1 rings (SSSR count). The second kappa shape index (κ2) is 6.78. The molecule has 0 spiro atoms. The van der Waals surface area contributed by atoms with Crippen molar-refractivity contribution in [2.45, 2.75) is 11.0 Å². The molecule has 128 valence electrons. The van der Waals surface area contributed by atoms with Crippen LogP contribution in [0.3, 0.4) is 0 Å². The van der Waals surface area contributed by atoms with Crippen LogP contribution < -0.4 is 4.57 Å². The topological polar surface area (TPSA) is 86.3 Å². The van der Waals surface area contributed by atoms with Gasteiger partial charge in [0.05, 0.1) is 0 Å². The highest BCUT2D eigenvalue weighted by molar-refractivity contribution is 8.13. The monoisotopic (exact) mass is 374 g/mol. The van der Waals surface area contributed by atoms with E-state index in [9.17, 15) is 43.2 Å². The number of alkyl halides is 6. The van der Waals surface area contributed by atoms with Crippen molar-refractivity contribution >= 4 is 20.0 Å². The molecule has 0 aliphatic rings. The van der Waals surface area contributed by atoms with Crippen molar-refractivity contribution in [2.75, 3.05) is 0 Å². The van der Waals surface area contributed by atoms with Crippen molar-refractivity contribution in [2.24, 2.45) is 7.05 Å². The highest BCUT2D eigenvalue weighted by Gasteiger charge is 2.46. The minimum Gasteiger partial charge on any atom is -0.421 e. The molecule has 0 atom stereocenters. The average Bonchev–Trinajstić information content (AvgIpc) is 2.26. The highest BCUT2D eigenvalue weighted by atomic mass is 32.3. The van der Waals surface area contributed by atoms with Crippen molar-refractivity contribution in [3.8, 4) is 0 Å². The van der Waals surface area contributed by atoms with Crippen molar-refractivity contribution in [3.05, 3.63) is 34.7 Å². The third-order valence-electron chi connectivity index (χ3n) is 1.65. The summed E-state index contributed by atoms with van der Waals surface area (Å²) in [7, 11) is -11.4. The molecule has 0 fully saturated rings. The predicted molar refractivity (Wildman–Crippen MR) is 60.9 cm³/mol. The van der Waals surface area contributed by atoms with Crippen LogP contribution in [0, 0.1) is 0 Å².